The Labute approximate surface area is 209 Å². The molecule has 0 saturated carbocycles. The van der Waals surface area contributed by atoms with E-state index in [1.54, 1.807) is 0 Å². The molecular formula is C26H28Cl2N2O2S. The molecule has 4 nitrogen and oxygen atoms in total. The van der Waals surface area contributed by atoms with Gasteiger partial charge in [-0.25, -0.2) is 0 Å². The number of amides is 1. The number of hydrogen-bond acceptors (Lipinski definition) is 4. The van der Waals surface area contributed by atoms with E-state index in [-0.39, 0.29) is 5.91 Å². The fraction of sp³-hybridized carbons (Fsp3) is 0.346. The van der Waals surface area contributed by atoms with Crippen LogP contribution in [0.4, 0.5) is 0 Å². The lowest BCUT2D eigenvalue weighted by Gasteiger charge is -2.34. The van der Waals surface area contributed by atoms with E-state index in [0.717, 1.165) is 47.0 Å². The van der Waals surface area contributed by atoms with E-state index in [9.17, 15) is 4.79 Å². The number of thiophene rings is 1. The first kappa shape index (κ1) is 24.1. The van der Waals surface area contributed by atoms with Gasteiger partial charge in [0.2, 0.25) is 0 Å². The first-order valence-corrected chi connectivity index (χ1v) is 12.7. The Morgan fingerprint density at radius 2 is 1.73 bits per heavy atom. The van der Waals surface area contributed by atoms with Crippen LogP contribution in [0.15, 0.2) is 41.8 Å². The molecule has 0 unspecified atom stereocenters. The number of carbonyl (C=O) groups is 1. The van der Waals surface area contributed by atoms with Crippen LogP contribution in [0.1, 0.15) is 37.5 Å². The molecule has 0 bridgehead atoms. The van der Waals surface area contributed by atoms with Crippen molar-refractivity contribution in [3.05, 3.63) is 84.5 Å². The highest BCUT2D eigenvalue weighted by Crippen LogP contribution is 2.26. The number of benzene rings is 2. The van der Waals surface area contributed by atoms with E-state index in [1.165, 1.54) is 22.5 Å². The van der Waals surface area contributed by atoms with Gasteiger partial charge in [-0.15, -0.1) is 11.3 Å². The minimum absolute atomic E-state index is 0.100. The summed E-state index contributed by atoms with van der Waals surface area (Å²) in [5.74, 6) is 1.01. The van der Waals surface area contributed by atoms with Crippen molar-refractivity contribution < 1.29 is 9.53 Å². The second-order valence-electron chi connectivity index (χ2n) is 8.63. The van der Waals surface area contributed by atoms with E-state index >= 15 is 0 Å². The van der Waals surface area contributed by atoms with Crippen LogP contribution in [0.3, 0.4) is 0 Å². The Hall–Kier alpha value is -2.05. The number of nitrogens with zero attached hydrogens (tertiary/aromatic N) is 2. The zero-order valence-corrected chi connectivity index (χ0v) is 21.5. The monoisotopic (exact) mass is 502 g/mol. The molecule has 0 radical (unpaired) electrons. The van der Waals surface area contributed by atoms with Crippen LogP contribution in [-0.2, 0) is 13.2 Å². The molecule has 2 aromatic carbocycles. The van der Waals surface area contributed by atoms with Gasteiger partial charge in [-0.05, 0) is 72.7 Å². The third-order valence-corrected chi connectivity index (χ3v) is 7.78. The molecule has 1 fully saturated rings. The average Bonchev–Trinajstić information content (AvgIpc) is 3.27. The summed E-state index contributed by atoms with van der Waals surface area (Å²) in [6, 6.07) is 11.9. The van der Waals surface area contributed by atoms with Gasteiger partial charge in [0, 0.05) is 38.3 Å². The van der Waals surface area contributed by atoms with Gasteiger partial charge in [-0.3, -0.25) is 9.69 Å². The highest BCUT2D eigenvalue weighted by Gasteiger charge is 2.23. The van der Waals surface area contributed by atoms with E-state index in [2.05, 4.69) is 37.8 Å². The number of aryl methyl sites for hydroxylation is 2. The molecule has 0 N–H and O–H groups in total. The lowest BCUT2D eigenvalue weighted by molar-refractivity contribution is 0.0633. The van der Waals surface area contributed by atoms with Crippen LogP contribution in [0.2, 0.25) is 10.0 Å². The van der Waals surface area contributed by atoms with Gasteiger partial charge in [0.25, 0.3) is 5.91 Å². The quantitative estimate of drug-likeness (QED) is 0.384. The number of rotatable bonds is 6. The maximum Gasteiger partial charge on any atom is 0.264 e. The molecule has 33 heavy (non-hydrogen) atoms. The van der Waals surface area contributed by atoms with Gasteiger partial charge in [0.1, 0.15) is 12.4 Å². The van der Waals surface area contributed by atoms with Gasteiger partial charge in [0.05, 0.1) is 14.9 Å². The summed E-state index contributed by atoms with van der Waals surface area (Å²) in [5.41, 5.74) is 5.73. The molecule has 4 rings (SSSR count). The van der Waals surface area contributed by atoms with E-state index < -0.39 is 0 Å². The van der Waals surface area contributed by atoms with Gasteiger partial charge < -0.3 is 9.64 Å². The molecule has 3 aromatic rings. The van der Waals surface area contributed by atoms with Gasteiger partial charge >= 0.3 is 0 Å². The van der Waals surface area contributed by atoms with Crippen LogP contribution in [0.5, 0.6) is 5.75 Å². The molecule has 7 heteroatoms. The number of carbonyl (C=O) groups excluding carboxylic acids is 1. The Morgan fingerprint density at radius 1 is 0.970 bits per heavy atom. The molecule has 1 amide bonds. The highest BCUT2D eigenvalue weighted by atomic mass is 35.5. The van der Waals surface area contributed by atoms with Crippen molar-refractivity contribution in [1.29, 1.82) is 0 Å². The summed E-state index contributed by atoms with van der Waals surface area (Å²) >= 11 is 13.6. The molecule has 0 spiro atoms. The van der Waals surface area contributed by atoms with Crippen LogP contribution in [0, 0.1) is 20.8 Å². The second kappa shape index (κ2) is 10.5. The number of ether oxygens (including phenoxy) is 1. The average molecular weight is 503 g/mol. The van der Waals surface area contributed by atoms with Crippen LogP contribution in [-0.4, -0.2) is 41.9 Å². The minimum Gasteiger partial charge on any atom is -0.489 e. The van der Waals surface area contributed by atoms with E-state index in [1.807, 2.05) is 34.5 Å². The van der Waals surface area contributed by atoms with Crippen LogP contribution >= 0.6 is 34.5 Å². The normalized spacial score (nSPS) is 14.5. The molecule has 1 saturated heterocycles. The third-order valence-electron chi connectivity index (χ3n) is 6.07. The smallest absolute Gasteiger partial charge is 0.264 e. The first-order valence-electron chi connectivity index (χ1n) is 11.0. The molecule has 1 aliphatic rings. The lowest BCUT2D eigenvalue weighted by atomic mass is 10.1. The number of hydrogen-bond donors (Lipinski definition) is 0. The fourth-order valence-corrected chi connectivity index (χ4v) is 5.22. The first-order chi connectivity index (χ1) is 15.8. The Balaban J connectivity index is 1.30. The Morgan fingerprint density at radius 3 is 2.45 bits per heavy atom. The molecule has 0 aliphatic carbocycles. The molecule has 174 valence electrons. The van der Waals surface area contributed by atoms with Gasteiger partial charge in [0.15, 0.2) is 0 Å². The summed E-state index contributed by atoms with van der Waals surface area (Å²) in [5, 5.41) is 3.17. The second-order valence-corrected chi connectivity index (χ2v) is 10.4. The Kier molecular flexibility index (Phi) is 7.65. The number of halogens is 2. The highest BCUT2D eigenvalue weighted by molar-refractivity contribution is 7.12. The van der Waals surface area contributed by atoms with Crippen molar-refractivity contribution in [3.63, 3.8) is 0 Å². The zero-order valence-electron chi connectivity index (χ0n) is 19.2. The molecule has 1 aliphatic heterocycles. The molecule has 0 atom stereocenters. The lowest BCUT2D eigenvalue weighted by Crippen LogP contribution is -2.48. The van der Waals surface area contributed by atoms with Crippen molar-refractivity contribution in [3.8, 4) is 5.75 Å². The molecular weight excluding hydrogens is 475 g/mol. The van der Waals surface area contributed by atoms with E-state index in [0.29, 0.717) is 29.7 Å². The maximum absolute atomic E-state index is 13.0. The van der Waals surface area contributed by atoms with Crippen LogP contribution < -0.4 is 4.74 Å². The van der Waals surface area contributed by atoms with Crippen molar-refractivity contribution in [2.24, 2.45) is 0 Å². The standard InChI is InChI=1S/C26H28Cl2N2O2S/c1-17-10-18(2)19(3)24(11-17)32-15-21-13-25(33-16-21)26(31)30-8-6-29(7-9-30)14-20-4-5-22(27)23(28)12-20/h4-5,10-13,16H,6-9,14-15H2,1-3H3. The van der Waals surface area contributed by atoms with Crippen LogP contribution in [0.25, 0.3) is 0 Å². The summed E-state index contributed by atoms with van der Waals surface area (Å²) in [7, 11) is 0. The van der Waals surface area contributed by atoms with Gasteiger partial charge in [-0.1, -0.05) is 35.3 Å². The predicted molar refractivity (Wildman–Crippen MR) is 137 cm³/mol. The maximum atomic E-state index is 13.0. The summed E-state index contributed by atoms with van der Waals surface area (Å²) < 4.78 is 6.07. The van der Waals surface area contributed by atoms with Crippen molar-refractivity contribution in [2.75, 3.05) is 26.2 Å². The van der Waals surface area contributed by atoms with E-state index in [4.69, 9.17) is 27.9 Å². The summed E-state index contributed by atoms with van der Waals surface area (Å²) in [6.07, 6.45) is 0. The molecule has 1 aromatic heterocycles. The SMILES string of the molecule is Cc1cc(C)c(C)c(OCc2csc(C(=O)N3CCN(Cc4ccc(Cl)c(Cl)c4)CC3)c2)c1. The summed E-state index contributed by atoms with van der Waals surface area (Å²) in [6.45, 7) is 10.6. The minimum atomic E-state index is 0.100. The topological polar surface area (TPSA) is 32.8 Å². The van der Waals surface area contributed by atoms with Crippen molar-refractivity contribution in [1.82, 2.24) is 9.80 Å². The van der Waals surface area contributed by atoms with Crippen molar-refractivity contribution in [2.45, 2.75) is 33.9 Å². The fourth-order valence-electron chi connectivity index (χ4n) is 4.04. The largest absolute Gasteiger partial charge is 0.489 e. The summed E-state index contributed by atoms with van der Waals surface area (Å²) in [4.78, 5) is 18.1. The zero-order chi connectivity index (χ0) is 23.5. The third kappa shape index (κ3) is 5.90. The Bertz CT molecular complexity index is 1150. The van der Waals surface area contributed by atoms with Gasteiger partial charge in [-0.2, -0.15) is 0 Å². The van der Waals surface area contributed by atoms with Crippen molar-refractivity contribution >= 4 is 40.4 Å². The molecule has 2 heterocycles. The predicted octanol–water partition coefficient (Wildman–Crippen LogP) is 6.52. The number of piperazine rings is 1.